The minimum absolute atomic E-state index is 0.188. The van der Waals surface area contributed by atoms with Gasteiger partial charge >= 0.3 is 5.97 Å². The Labute approximate surface area is 203 Å². The van der Waals surface area contributed by atoms with Crippen LogP contribution in [-0.2, 0) is 11.3 Å². The fraction of sp³-hybridized carbons (Fsp3) is 0.148. The van der Waals surface area contributed by atoms with E-state index in [-0.39, 0.29) is 12.1 Å². The molecule has 1 saturated heterocycles. The van der Waals surface area contributed by atoms with Crippen LogP contribution in [0.25, 0.3) is 11.3 Å². The molecule has 0 unspecified atom stereocenters. The van der Waals surface area contributed by atoms with Crippen molar-refractivity contribution in [3.63, 3.8) is 0 Å². The number of aromatic nitrogens is 1. The number of nitrogens with one attached hydrogen (secondary N) is 1. The number of pyridine rings is 1. The fourth-order valence-electron chi connectivity index (χ4n) is 4.31. The van der Waals surface area contributed by atoms with Gasteiger partial charge in [0.05, 0.1) is 24.4 Å². The van der Waals surface area contributed by atoms with Gasteiger partial charge in [0.15, 0.2) is 5.11 Å². The molecule has 0 spiro atoms. The van der Waals surface area contributed by atoms with Crippen LogP contribution in [0.4, 0.5) is 0 Å². The molecule has 1 fully saturated rings. The predicted octanol–water partition coefficient (Wildman–Crippen LogP) is 5.30. The number of rotatable bonds is 6. The molecule has 0 radical (unpaired) electrons. The second-order valence-corrected chi connectivity index (χ2v) is 8.37. The van der Waals surface area contributed by atoms with Gasteiger partial charge in [-0.2, -0.15) is 0 Å². The first-order valence-electron chi connectivity index (χ1n) is 10.9. The van der Waals surface area contributed by atoms with Crippen molar-refractivity contribution >= 4 is 23.3 Å². The maximum absolute atomic E-state index is 12.3. The topological polar surface area (TPSA) is 67.6 Å². The van der Waals surface area contributed by atoms with Crippen molar-refractivity contribution in [2.45, 2.75) is 18.6 Å². The van der Waals surface area contributed by atoms with E-state index < -0.39 is 5.97 Å². The van der Waals surface area contributed by atoms with E-state index in [1.165, 1.54) is 7.11 Å². The van der Waals surface area contributed by atoms with E-state index in [1.807, 2.05) is 60.7 Å². The van der Waals surface area contributed by atoms with Gasteiger partial charge in [-0.1, -0.05) is 54.6 Å². The number of esters is 1. The molecule has 7 heteroatoms. The molecule has 170 valence electrons. The van der Waals surface area contributed by atoms with Crippen molar-refractivity contribution in [2.75, 3.05) is 7.11 Å². The lowest BCUT2D eigenvalue weighted by Gasteiger charge is -2.26. The van der Waals surface area contributed by atoms with Crippen molar-refractivity contribution in [3.05, 3.63) is 114 Å². The van der Waals surface area contributed by atoms with Crippen LogP contribution in [0.2, 0.25) is 0 Å². The van der Waals surface area contributed by atoms with E-state index in [9.17, 15) is 4.79 Å². The number of nitrogens with zero attached hydrogens (tertiary/aromatic N) is 2. The molecule has 34 heavy (non-hydrogen) atoms. The Bertz CT molecular complexity index is 1310. The van der Waals surface area contributed by atoms with Gasteiger partial charge in [0.25, 0.3) is 0 Å². The maximum Gasteiger partial charge on any atom is 0.338 e. The zero-order valence-corrected chi connectivity index (χ0v) is 19.4. The predicted molar refractivity (Wildman–Crippen MR) is 133 cm³/mol. The quantitative estimate of drug-likeness (QED) is 0.304. The zero-order chi connectivity index (χ0) is 23.5. The highest BCUT2D eigenvalue weighted by atomic mass is 32.1. The Balaban J connectivity index is 1.55. The van der Waals surface area contributed by atoms with Crippen LogP contribution in [0.15, 0.2) is 95.5 Å². The third kappa shape index (κ3) is 4.18. The Morgan fingerprint density at radius 2 is 1.79 bits per heavy atom. The average molecular weight is 470 g/mol. The maximum atomic E-state index is 12.3. The summed E-state index contributed by atoms with van der Waals surface area (Å²) in [5.74, 6) is 0.913. The molecule has 0 saturated carbocycles. The molecule has 2 aromatic carbocycles. The van der Waals surface area contributed by atoms with Crippen LogP contribution in [0.5, 0.6) is 0 Å². The summed E-state index contributed by atoms with van der Waals surface area (Å²) in [5, 5.41) is 4.07. The fourth-order valence-corrected chi connectivity index (χ4v) is 4.61. The van der Waals surface area contributed by atoms with Crippen molar-refractivity contribution in [1.29, 1.82) is 0 Å². The highest BCUT2D eigenvalue weighted by Gasteiger charge is 2.41. The molecular weight excluding hydrogens is 446 g/mol. The van der Waals surface area contributed by atoms with Crippen LogP contribution in [0, 0.1) is 0 Å². The summed E-state index contributed by atoms with van der Waals surface area (Å²) in [7, 11) is 1.37. The third-order valence-corrected chi connectivity index (χ3v) is 6.26. The first kappa shape index (κ1) is 21.9. The third-order valence-electron chi connectivity index (χ3n) is 5.91. The minimum atomic E-state index is -0.408. The van der Waals surface area contributed by atoms with Gasteiger partial charge in [0.1, 0.15) is 17.6 Å². The number of carbonyl (C=O) groups excluding carboxylic acids is 1. The highest BCUT2D eigenvalue weighted by molar-refractivity contribution is 7.80. The molecule has 1 aliphatic heterocycles. The Morgan fingerprint density at radius 1 is 1.03 bits per heavy atom. The number of benzene rings is 2. The van der Waals surface area contributed by atoms with Gasteiger partial charge in [-0.25, -0.2) is 4.79 Å². The molecule has 2 aromatic heterocycles. The monoisotopic (exact) mass is 469 g/mol. The molecule has 6 nitrogen and oxygen atoms in total. The van der Waals surface area contributed by atoms with E-state index in [0.29, 0.717) is 28.5 Å². The molecule has 0 amide bonds. The van der Waals surface area contributed by atoms with Crippen molar-refractivity contribution < 1.29 is 13.9 Å². The molecule has 0 bridgehead atoms. The first-order chi connectivity index (χ1) is 16.7. The summed E-state index contributed by atoms with van der Waals surface area (Å²) in [6.07, 6.45) is 1.77. The number of hydrogen-bond donors (Lipinski definition) is 1. The number of ether oxygens (including phenoxy) is 1. The number of furan rings is 1. The molecule has 1 N–H and O–H groups in total. The smallest absolute Gasteiger partial charge is 0.338 e. The normalized spacial score (nSPS) is 17.4. The van der Waals surface area contributed by atoms with E-state index in [1.54, 1.807) is 18.3 Å². The first-order valence-corrected chi connectivity index (χ1v) is 11.4. The summed E-state index contributed by atoms with van der Waals surface area (Å²) in [4.78, 5) is 19.0. The molecule has 1 aliphatic rings. The summed E-state index contributed by atoms with van der Waals surface area (Å²) >= 11 is 5.75. The minimum Gasteiger partial charge on any atom is -0.465 e. The van der Waals surface area contributed by atoms with Crippen LogP contribution in [0.3, 0.4) is 0 Å². The van der Waals surface area contributed by atoms with Crippen molar-refractivity contribution in [2.24, 2.45) is 0 Å². The van der Waals surface area contributed by atoms with Crippen LogP contribution in [0.1, 0.15) is 39.5 Å². The lowest BCUT2D eigenvalue weighted by Crippen LogP contribution is -2.29. The zero-order valence-electron chi connectivity index (χ0n) is 18.5. The van der Waals surface area contributed by atoms with Gasteiger partial charge in [0.2, 0.25) is 0 Å². The van der Waals surface area contributed by atoms with Crippen LogP contribution >= 0.6 is 12.2 Å². The number of thiocarbonyl (C=S) groups is 1. The van der Waals surface area contributed by atoms with E-state index >= 15 is 0 Å². The Kier molecular flexibility index (Phi) is 6.10. The second kappa shape index (κ2) is 9.49. The van der Waals surface area contributed by atoms with E-state index in [2.05, 4.69) is 27.3 Å². The van der Waals surface area contributed by atoms with Gasteiger partial charge < -0.3 is 19.4 Å². The van der Waals surface area contributed by atoms with Gasteiger partial charge in [-0.15, -0.1) is 0 Å². The summed E-state index contributed by atoms with van der Waals surface area (Å²) in [6, 6.07) is 26.7. The van der Waals surface area contributed by atoms with Gasteiger partial charge in [0, 0.05) is 18.3 Å². The molecule has 0 aliphatic carbocycles. The van der Waals surface area contributed by atoms with E-state index in [0.717, 1.165) is 17.0 Å². The average Bonchev–Trinajstić information content (AvgIpc) is 3.49. The number of methoxy groups -OCH3 is 1. The largest absolute Gasteiger partial charge is 0.465 e. The number of carbonyl (C=O) groups is 1. The van der Waals surface area contributed by atoms with E-state index in [4.69, 9.17) is 21.4 Å². The Hall–Kier alpha value is -3.97. The molecule has 2 atom stereocenters. The molecule has 3 heterocycles. The Morgan fingerprint density at radius 3 is 2.56 bits per heavy atom. The second-order valence-electron chi connectivity index (χ2n) is 7.98. The van der Waals surface area contributed by atoms with Gasteiger partial charge in [-0.05, 0) is 48.1 Å². The summed E-state index contributed by atoms with van der Waals surface area (Å²) < 4.78 is 11.3. The molecule has 5 rings (SSSR count). The van der Waals surface area contributed by atoms with Gasteiger partial charge in [-0.3, -0.25) is 4.98 Å². The highest BCUT2D eigenvalue weighted by Crippen LogP contribution is 2.41. The SMILES string of the molecule is COC(=O)c1ccccc1-c1ccc([C@@H]2[C@H](c3ccccn3)NC(=S)N2Cc2ccccc2)o1. The van der Waals surface area contributed by atoms with Crippen LogP contribution in [-0.4, -0.2) is 28.1 Å². The lowest BCUT2D eigenvalue weighted by molar-refractivity contribution is 0.0601. The number of hydrogen-bond acceptors (Lipinski definition) is 5. The summed E-state index contributed by atoms with van der Waals surface area (Å²) in [6.45, 7) is 0.620. The molecule has 4 aromatic rings. The van der Waals surface area contributed by atoms with Crippen molar-refractivity contribution in [1.82, 2.24) is 15.2 Å². The van der Waals surface area contributed by atoms with Crippen LogP contribution < -0.4 is 5.32 Å². The summed E-state index contributed by atoms with van der Waals surface area (Å²) in [5.41, 5.74) is 3.14. The lowest BCUT2D eigenvalue weighted by atomic mass is 10.0. The molecular formula is C27H23N3O3S. The standard InChI is InChI=1S/C27H23N3O3S/c1-32-26(31)20-12-6-5-11-19(20)22-14-15-23(33-22)25-24(21-13-7-8-16-28-21)29-27(34)30(25)17-18-9-3-2-4-10-18/h2-16,24-25H,17H2,1H3,(H,29,34)/t24-,25+/m0/s1. The van der Waals surface area contributed by atoms with Crippen molar-refractivity contribution in [3.8, 4) is 11.3 Å².